The van der Waals surface area contributed by atoms with E-state index in [1.807, 2.05) is 24.3 Å². The number of benzene rings is 1. The van der Waals surface area contributed by atoms with Crippen molar-refractivity contribution in [1.82, 2.24) is 0 Å². The Hall–Kier alpha value is -1.63. The minimum Gasteiger partial charge on any atom is -0.372 e. The molecule has 0 aliphatic carbocycles. The van der Waals surface area contributed by atoms with Crippen molar-refractivity contribution in [3.8, 4) is 0 Å². The van der Waals surface area contributed by atoms with Gasteiger partial charge in [0.1, 0.15) is 0 Å². The van der Waals surface area contributed by atoms with Gasteiger partial charge in [-0.15, -0.1) is 3.89 Å². The van der Waals surface area contributed by atoms with Gasteiger partial charge in [0.15, 0.2) is 0 Å². The molecule has 2 aliphatic heterocycles. The van der Waals surface area contributed by atoms with E-state index in [1.165, 1.54) is 19.3 Å². The van der Waals surface area contributed by atoms with Crippen molar-refractivity contribution in [2.24, 2.45) is 5.92 Å². The lowest BCUT2D eigenvalue weighted by Gasteiger charge is -2.29. The summed E-state index contributed by atoms with van der Waals surface area (Å²) in [4.78, 5) is 15.9. The van der Waals surface area contributed by atoms with Crippen LogP contribution in [-0.2, 0) is 15.0 Å². The van der Waals surface area contributed by atoms with Gasteiger partial charge in [0.2, 0.25) is 5.91 Å². The van der Waals surface area contributed by atoms with E-state index in [9.17, 15) is 17.1 Å². The standard InChI is InChI=1S/C16H21FN2O3S/c17-23(21,22)12-13-10-16(20)19(11-13)15-6-4-14(5-7-15)18-8-2-1-3-9-18/h4-7,13H,1-3,8-12H2. The summed E-state index contributed by atoms with van der Waals surface area (Å²) in [5, 5.41) is 0. The molecule has 126 valence electrons. The average Bonchev–Trinajstić information content (AvgIpc) is 2.87. The highest BCUT2D eigenvalue weighted by Crippen LogP contribution is 2.29. The lowest BCUT2D eigenvalue weighted by Crippen LogP contribution is -2.29. The number of anilines is 2. The van der Waals surface area contributed by atoms with Gasteiger partial charge in [-0.1, -0.05) is 0 Å². The smallest absolute Gasteiger partial charge is 0.302 e. The van der Waals surface area contributed by atoms with E-state index >= 15 is 0 Å². The molecule has 2 fully saturated rings. The van der Waals surface area contributed by atoms with E-state index in [-0.39, 0.29) is 18.9 Å². The molecule has 0 saturated carbocycles. The van der Waals surface area contributed by atoms with Crippen LogP contribution in [0.3, 0.4) is 0 Å². The van der Waals surface area contributed by atoms with Crippen molar-refractivity contribution in [3.05, 3.63) is 24.3 Å². The SMILES string of the molecule is O=C1CC(CS(=O)(=O)F)CN1c1ccc(N2CCCCC2)cc1. The molecular formula is C16H21FN2O3S. The molecular weight excluding hydrogens is 319 g/mol. The van der Waals surface area contributed by atoms with Crippen molar-refractivity contribution < 1.29 is 17.1 Å². The van der Waals surface area contributed by atoms with Crippen LogP contribution < -0.4 is 9.80 Å². The molecule has 2 aliphatic rings. The molecule has 1 aromatic rings. The highest BCUT2D eigenvalue weighted by atomic mass is 32.3. The Morgan fingerprint density at radius 2 is 1.65 bits per heavy atom. The summed E-state index contributed by atoms with van der Waals surface area (Å²) >= 11 is 0. The Balaban J connectivity index is 1.68. The predicted octanol–water partition coefficient (Wildman–Crippen LogP) is 2.33. The third-order valence-electron chi connectivity index (χ3n) is 4.52. The van der Waals surface area contributed by atoms with Gasteiger partial charge in [0.05, 0.1) is 5.75 Å². The molecule has 5 nitrogen and oxygen atoms in total. The van der Waals surface area contributed by atoms with Crippen molar-refractivity contribution in [2.45, 2.75) is 25.7 Å². The molecule has 1 unspecified atom stereocenters. The predicted molar refractivity (Wildman–Crippen MR) is 87.9 cm³/mol. The third kappa shape index (κ3) is 4.02. The summed E-state index contributed by atoms with van der Waals surface area (Å²) in [6.07, 6.45) is 3.75. The van der Waals surface area contributed by atoms with Gasteiger partial charge in [-0.3, -0.25) is 4.79 Å². The average molecular weight is 340 g/mol. The first-order valence-electron chi connectivity index (χ1n) is 8.00. The highest BCUT2D eigenvalue weighted by molar-refractivity contribution is 7.86. The summed E-state index contributed by atoms with van der Waals surface area (Å²) in [7, 11) is -4.54. The van der Waals surface area contributed by atoms with Gasteiger partial charge in [-0.05, 0) is 43.5 Å². The zero-order valence-electron chi connectivity index (χ0n) is 12.9. The number of hydrogen-bond acceptors (Lipinski definition) is 4. The topological polar surface area (TPSA) is 57.7 Å². The molecule has 2 saturated heterocycles. The first kappa shape index (κ1) is 16.2. The molecule has 0 N–H and O–H groups in total. The summed E-state index contributed by atoms with van der Waals surface area (Å²) in [5.41, 5.74) is 1.89. The first-order valence-corrected chi connectivity index (χ1v) is 9.55. The number of carbonyl (C=O) groups is 1. The number of nitrogens with zero attached hydrogens (tertiary/aromatic N) is 2. The Morgan fingerprint density at radius 1 is 1.04 bits per heavy atom. The fraction of sp³-hybridized carbons (Fsp3) is 0.562. The first-order chi connectivity index (χ1) is 10.9. The van der Waals surface area contributed by atoms with Crippen LogP contribution in [0.4, 0.5) is 15.3 Å². The minimum absolute atomic E-state index is 0.0804. The quantitative estimate of drug-likeness (QED) is 0.790. The van der Waals surface area contributed by atoms with E-state index in [0.29, 0.717) is 0 Å². The van der Waals surface area contributed by atoms with Gasteiger partial charge in [-0.25, -0.2) is 0 Å². The number of halogens is 1. The zero-order chi connectivity index (χ0) is 16.4. The lowest BCUT2D eigenvalue weighted by atomic mass is 10.1. The molecule has 0 aromatic heterocycles. The van der Waals surface area contributed by atoms with Crippen LogP contribution in [0.5, 0.6) is 0 Å². The number of rotatable bonds is 4. The molecule has 3 rings (SSSR count). The molecule has 0 spiro atoms. The van der Waals surface area contributed by atoms with Gasteiger partial charge in [0, 0.05) is 43.3 Å². The lowest BCUT2D eigenvalue weighted by molar-refractivity contribution is -0.117. The summed E-state index contributed by atoms with van der Waals surface area (Å²) in [5.74, 6) is -1.20. The van der Waals surface area contributed by atoms with Gasteiger partial charge in [0.25, 0.3) is 0 Å². The number of carbonyl (C=O) groups excluding carboxylic acids is 1. The number of hydrogen-bond donors (Lipinski definition) is 0. The van der Waals surface area contributed by atoms with Crippen molar-refractivity contribution in [3.63, 3.8) is 0 Å². The third-order valence-corrected chi connectivity index (χ3v) is 5.39. The van der Waals surface area contributed by atoms with E-state index in [0.717, 1.165) is 24.5 Å². The Morgan fingerprint density at radius 3 is 2.26 bits per heavy atom. The number of amides is 1. The summed E-state index contributed by atoms with van der Waals surface area (Å²) in [6, 6.07) is 7.75. The van der Waals surface area contributed by atoms with Crippen LogP contribution >= 0.6 is 0 Å². The second-order valence-corrected chi connectivity index (χ2v) is 7.76. The maximum absolute atomic E-state index is 12.8. The molecule has 7 heteroatoms. The van der Waals surface area contributed by atoms with Crippen LogP contribution in [0.25, 0.3) is 0 Å². The Labute approximate surface area is 136 Å². The van der Waals surface area contributed by atoms with Gasteiger partial charge in [-0.2, -0.15) is 8.42 Å². The second-order valence-electron chi connectivity index (χ2n) is 6.34. The molecule has 0 bridgehead atoms. The Kier molecular flexibility index (Phi) is 4.57. The summed E-state index contributed by atoms with van der Waals surface area (Å²) in [6.45, 7) is 2.36. The Bertz CT molecular complexity index is 669. The normalized spacial score (nSPS) is 22.7. The maximum atomic E-state index is 12.8. The van der Waals surface area contributed by atoms with Crippen molar-refractivity contribution in [1.29, 1.82) is 0 Å². The second kappa shape index (κ2) is 6.47. The van der Waals surface area contributed by atoms with E-state index in [4.69, 9.17) is 0 Å². The van der Waals surface area contributed by atoms with Crippen LogP contribution in [-0.4, -0.2) is 39.7 Å². The monoisotopic (exact) mass is 340 g/mol. The maximum Gasteiger partial charge on any atom is 0.302 e. The molecule has 1 amide bonds. The number of piperidine rings is 1. The molecule has 23 heavy (non-hydrogen) atoms. The van der Waals surface area contributed by atoms with Crippen LogP contribution in [0, 0.1) is 5.92 Å². The van der Waals surface area contributed by atoms with Gasteiger partial charge >= 0.3 is 10.2 Å². The molecule has 2 heterocycles. The van der Waals surface area contributed by atoms with Crippen molar-refractivity contribution in [2.75, 3.05) is 35.2 Å². The molecule has 0 radical (unpaired) electrons. The summed E-state index contributed by atoms with van der Waals surface area (Å²) < 4.78 is 34.3. The zero-order valence-corrected chi connectivity index (χ0v) is 13.8. The molecule has 1 atom stereocenters. The fourth-order valence-corrected chi connectivity index (χ4v) is 4.21. The fourth-order valence-electron chi connectivity index (χ4n) is 3.42. The van der Waals surface area contributed by atoms with Crippen molar-refractivity contribution >= 4 is 27.5 Å². The van der Waals surface area contributed by atoms with E-state index < -0.39 is 21.9 Å². The van der Waals surface area contributed by atoms with E-state index in [2.05, 4.69) is 4.90 Å². The van der Waals surface area contributed by atoms with E-state index in [1.54, 1.807) is 4.90 Å². The minimum atomic E-state index is -4.54. The van der Waals surface area contributed by atoms with Gasteiger partial charge < -0.3 is 9.80 Å². The highest BCUT2D eigenvalue weighted by Gasteiger charge is 2.33. The van der Waals surface area contributed by atoms with Crippen LogP contribution in [0.2, 0.25) is 0 Å². The van der Waals surface area contributed by atoms with Crippen LogP contribution in [0.15, 0.2) is 24.3 Å². The largest absolute Gasteiger partial charge is 0.372 e. The molecule has 1 aromatic carbocycles. The van der Waals surface area contributed by atoms with Crippen LogP contribution in [0.1, 0.15) is 25.7 Å².